The standard InChI is InChI=1S/C22H23NO2/c1-4-23(5-2)19-12-11-18-16-22(3,21(24)25-20(18)15-19)14-13-17-9-7-6-8-10-17/h6-12,15H,4-5,16H2,1-3H3. The highest BCUT2D eigenvalue weighted by molar-refractivity contribution is 5.85. The third-order valence-electron chi connectivity index (χ3n) is 4.63. The molecule has 0 fully saturated rings. The number of fused-ring (bicyclic) bond motifs is 1. The molecule has 3 rings (SSSR count). The molecule has 0 saturated carbocycles. The average Bonchev–Trinajstić information content (AvgIpc) is 2.63. The topological polar surface area (TPSA) is 29.5 Å². The first-order valence-electron chi connectivity index (χ1n) is 8.74. The molecule has 3 nitrogen and oxygen atoms in total. The first-order chi connectivity index (χ1) is 12.1. The number of hydrogen-bond donors (Lipinski definition) is 0. The van der Waals surface area contributed by atoms with E-state index < -0.39 is 5.41 Å². The molecule has 0 N–H and O–H groups in total. The second-order valence-electron chi connectivity index (χ2n) is 6.48. The summed E-state index contributed by atoms with van der Waals surface area (Å²) in [5.74, 6) is 6.62. The molecular formula is C22H23NO2. The third-order valence-corrected chi connectivity index (χ3v) is 4.63. The van der Waals surface area contributed by atoms with Gasteiger partial charge < -0.3 is 9.64 Å². The minimum atomic E-state index is -0.820. The highest BCUT2D eigenvalue weighted by atomic mass is 16.5. The van der Waals surface area contributed by atoms with Crippen LogP contribution in [0.3, 0.4) is 0 Å². The van der Waals surface area contributed by atoms with Crippen molar-refractivity contribution in [3.63, 3.8) is 0 Å². The number of ether oxygens (including phenoxy) is 1. The van der Waals surface area contributed by atoms with Crippen molar-refractivity contribution in [1.82, 2.24) is 0 Å². The van der Waals surface area contributed by atoms with Crippen molar-refractivity contribution in [1.29, 1.82) is 0 Å². The molecule has 0 saturated heterocycles. The Kier molecular flexibility index (Phi) is 4.81. The minimum absolute atomic E-state index is 0.278. The zero-order chi connectivity index (χ0) is 17.9. The Hall–Kier alpha value is -2.73. The van der Waals surface area contributed by atoms with Crippen LogP contribution < -0.4 is 9.64 Å². The molecule has 0 spiro atoms. The molecule has 0 aliphatic carbocycles. The zero-order valence-electron chi connectivity index (χ0n) is 15.0. The molecule has 1 heterocycles. The second-order valence-corrected chi connectivity index (χ2v) is 6.48. The SMILES string of the molecule is CCN(CC)c1ccc2c(c1)OC(=O)C(C)(C#Cc1ccccc1)C2. The molecule has 2 aromatic carbocycles. The van der Waals surface area contributed by atoms with E-state index in [9.17, 15) is 4.79 Å². The van der Waals surface area contributed by atoms with Gasteiger partial charge in [0.1, 0.15) is 11.2 Å². The Morgan fingerprint density at radius 1 is 1.12 bits per heavy atom. The van der Waals surface area contributed by atoms with Gasteiger partial charge in [0.25, 0.3) is 0 Å². The maximum atomic E-state index is 12.6. The van der Waals surface area contributed by atoms with Crippen molar-refractivity contribution in [3.05, 3.63) is 59.7 Å². The van der Waals surface area contributed by atoms with Gasteiger partial charge in [-0.25, -0.2) is 4.79 Å². The van der Waals surface area contributed by atoms with Gasteiger partial charge in [0.15, 0.2) is 0 Å². The molecule has 1 atom stereocenters. The number of benzene rings is 2. The minimum Gasteiger partial charge on any atom is -0.425 e. The quantitative estimate of drug-likeness (QED) is 0.482. The molecule has 25 heavy (non-hydrogen) atoms. The van der Waals surface area contributed by atoms with Crippen LogP contribution in [-0.2, 0) is 11.2 Å². The van der Waals surface area contributed by atoms with E-state index in [1.165, 1.54) is 0 Å². The first kappa shape index (κ1) is 17.1. The Bertz CT molecular complexity index is 828. The molecule has 0 radical (unpaired) electrons. The summed E-state index contributed by atoms with van der Waals surface area (Å²) in [5, 5.41) is 0. The maximum absolute atomic E-state index is 12.6. The largest absolute Gasteiger partial charge is 0.425 e. The summed E-state index contributed by atoms with van der Waals surface area (Å²) in [4.78, 5) is 14.8. The number of carbonyl (C=O) groups excluding carboxylic acids is 1. The Labute approximate surface area is 149 Å². The van der Waals surface area contributed by atoms with E-state index in [0.29, 0.717) is 12.2 Å². The van der Waals surface area contributed by atoms with Crippen molar-refractivity contribution in [3.8, 4) is 17.6 Å². The van der Waals surface area contributed by atoms with Crippen LogP contribution in [-0.4, -0.2) is 19.1 Å². The van der Waals surface area contributed by atoms with Crippen molar-refractivity contribution in [2.24, 2.45) is 5.41 Å². The highest BCUT2D eigenvalue weighted by Gasteiger charge is 2.39. The van der Waals surface area contributed by atoms with Crippen LogP contribution in [0, 0.1) is 17.3 Å². The molecule has 0 amide bonds. The van der Waals surface area contributed by atoms with Crippen LogP contribution in [0.1, 0.15) is 31.9 Å². The monoisotopic (exact) mass is 333 g/mol. The van der Waals surface area contributed by atoms with Crippen LogP contribution in [0.25, 0.3) is 0 Å². The number of hydrogen-bond acceptors (Lipinski definition) is 3. The fourth-order valence-corrected chi connectivity index (χ4v) is 3.06. The van der Waals surface area contributed by atoms with Crippen LogP contribution in [0.15, 0.2) is 48.5 Å². The van der Waals surface area contributed by atoms with E-state index in [1.807, 2.05) is 43.3 Å². The predicted octanol–water partition coefficient (Wildman–Crippen LogP) is 4.05. The first-order valence-corrected chi connectivity index (χ1v) is 8.74. The summed E-state index contributed by atoms with van der Waals surface area (Å²) in [6, 6.07) is 15.8. The normalized spacial score (nSPS) is 18.6. The van der Waals surface area contributed by atoms with Crippen molar-refractivity contribution in [2.75, 3.05) is 18.0 Å². The Morgan fingerprint density at radius 3 is 2.52 bits per heavy atom. The molecule has 3 heteroatoms. The van der Waals surface area contributed by atoms with E-state index in [2.05, 4.69) is 42.7 Å². The van der Waals surface area contributed by atoms with Gasteiger partial charge in [0, 0.05) is 36.8 Å². The summed E-state index contributed by atoms with van der Waals surface area (Å²) in [5.41, 5.74) is 2.19. The van der Waals surface area contributed by atoms with E-state index in [-0.39, 0.29) is 5.97 Å². The summed E-state index contributed by atoms with van der Waals surface area (Å²) in [6.07, 6.45) is 0.569. The number of carbonyl (C=O) groups is 1. The lowest BCUT2D eigenvalue weighted by atomic mass is 9.82. The van der Waals surface area contributed by atoms with Gasteiger partial charge in [-0.15, -0.1) is 0 Å². The van der Waals surface area contributed by atoms with Crippen LogP contribution >= 0.6 is 0 Å². The number of esters is 1. The molecule has 2 aromatic rings. The number of nitrogens with zero attached hydrogens (tertiary/aromatic N) is 1. The van der Waals surface area contributed by atoms with Crippen molar-refractivity contribution >= 4 is 11.7 Å². The highest BCUT2D eigenvalue weighted by Crippen LogP contribution is 2.37. The lowest BCUT2D eigenvalue weighted by molar-refractivity contribution is -0.143. The molecule has 0 aromatic heterocycles. The summed E-state index contributed by atoms with van der Waals surface area (Å²) < 4.78 is 5.65. The molecule has 128 valence electrons. The summed E-state index contributed by atoms with van der Waals surface area (Å²) in [7, 11) is 0. The Morgan fingerprint density at radius 2 is 1.84 bits per heavy atom. The van der Waals surface area contributed by atoms with Gasteiger partial charge in [-0.05, 0) is 44.5 Å². The van der Waals surface area contributed by atoms with Crippen molar-refractivity contribution in [2.45, 2.75) is 27.2 Å². The van der Waals surface area contributed by atoms with E-state index in [4.69, 9.17) is 4.74 Å². The van der Waals surface area contributed by atoms with Crippen LogP contribution in [0.4, 0.5) is 5.69 Å². The zero-order valence-corrected chi connectivity index (χ0v) is 15.0. The number of rotatable bonds is 3. The number of anilines is 1. The van der Waals surface area contributed by atoms with Gasteiger partial charge in [0.05, 0.1) is 0 Å². The fourth-order valence-electron chi connectivity index (χ4n) is 3.06. The Balaban J connectivity index is 1.89. The summed E-state index contributed by atoms with van der Waals surface area (Å²) in [6.45, 7) is 7.93. The van der Waals surface area contributed by atoms with Gasteiger partial charge in [-0.1, -0.05) is 36.1 Å². The second kappa shape index (κ2) is 7.03. The van der Waals surface area contributed by atoms with Gasteiger partial charge in [0.2, 0.25) is 0 Å². The lowest BCUT2D eigenvalue weighted by Gasteiger charge is -2.30. The molecule has 0 bridgehead atoms. The van der Waals surface area contributed by atoms with Crippen LogP contribution in [0.2, 0.25) is 0 Å². The molecule has 1 aliphatic heterocycles. The van der Waals surface area contributed by atoms with Crippen molar-refractivity contribution < 1.29 is 9.53 Å². The summed E-state index contributed by atoms with van der Waals surface area (Å²) >= 11 is 0. The van der Waals surface area contributed by atoms with Gasteiger partial charge in [-0.3, -0.25) is 0 Å². The lowest BCUT2D eigenvalue weighted by Crippen LogP contribution is -2.37. The third kappa shape index (κ3) is 3.53. The van der Waals surface area contributed by atoms with E-state index in [0.717, 1.165) is 29.9 Å². The molecule has 1 aliphatic rings. The van der Waals surface area contributed by atoms with E-state index in [1.54, 1.807) is 0 Å². The maximum Gasteiger partial charge on any atom is 0.329 e. The average molecular weight is 333 g/mol. The van der Waals surface area contributed by atoms with Crippen LogP contribution in [0.5, 0.6) is 5.75 Å². The van der Waals surface area contributed by atoms with Gasteiger partial charge in [-0.2, -0.15) is 0 Å². The molecular weight excluding hydrogens is 310 g/mol. The van der Waals surface area contributed by atoms with E-state index >= 15 is 0 Å². The van der Waals surface area contributed by atoms with Gasteiger partial charge >= 0.3 is 5.97 Å². The smallest absolute Gasteiger partial charge is 0.329 e. The fraction of sp³-hybridized carbons (Fsp3) is 0.318. The predicted molar refractivity (Wildman–Crippen MR) is 101 cm³/mol. The molecule has 1 unspecified atom stereocenters.